The van der Waals surface area contributed by atoms with E-state index in [1.807, 2.05) is 53.9 Å². The van der Waals surface area contributed by atoms with Crippen LogP contribution < -0.4 is 4.90 Å². The van der Waals surface area contributed by atoms with Gasteiger partial charge in [0.2, 0.25) is 5.95 Å². The summed E-state index contributed by atoms with van der Waals surface area (Å²) in [5, 5.41) is 4.46. The van der Waals surface area contributed by atoms with Crippen molar-refractivity contribution in [1.29, 1.82) is 0 Å². The van der Waals surface area contributed by atoms with Crippen molar-refractivity contribution in [3.63, 3.8) is 0 Å². The minimum absolute atomic E-state index is 0.851. The number of anilines is 1. The van der Waals surface area contributed by atoms with E-state index in [1.54, 1.807) is 0 Å². The Labute approximate surface area is 153 Å². The average molecular weight is 351 g/mol. The molecule has 0 bridgehead atoms. The molecular formula is C19H25N7. The van der Waals surface area contributed by atoms with Crippen LogP contribution in [0.3, 0.4) is 0 Å². The summed E-state index contributed by atoms with van der Waals surface area (Å²) in [6.07, 6.45) is 14.1. The summed E-state index contributed by atoms with van der Waals surface area (Å²) in [4.78, 5) is 13.5. The first-order valence-electron chi connectivity index (χ1n) is 9.29. The molecule has 3 aromatic rings. The highest BCUT2D eigenvalue weighted by Crippen LogP contribution is 2.11. The van der Waals surface area contributed by atoms with E-state index in [1.165, 1.54) is 6.42 Å². The highest BCUT2D eigenvalue weighted by Gasteiger charge is 2.18. The van der Waals surface area contributed by atoms with E-state index in [9.17, 15) is 0 Å². The third-order valence-corrected chi connectivity index (χ3v) is 4.84. The van der Waals surface area contributed by atoms with Crippen LogP contribution in [-0.4, -0.2) is 61.9 Å². The molecule has 0 radical (unpaired) electrons. The Morgan fingerprint density at radius 3 is 2.35 bits per heavy atom. The van der Waals surface area contributed by atoms with Crippen LogP contribution in [0.2, 0.25) is 0 Å². The molecule has 26 heavy (non-hydrogen) atoms. The van der Waals surface area contributed by atoms with Crippen molar-refractivity contribution < 1.29 is 0 Å². The molecule has 0 N–H and O–H groups in total. The van der Waals surface area contributed by atoms with Crippen molar-refractivity contribution >= 4 is 5.95 Å². The van der Waals surface area contributed by atoms with Crippen LogP contribution >= 0.6 is 0 Å². The second kappa shape index (κ2) is 8.14. The quantitative estimate of drug-likeness (QED) is 0.610. The summed E-state index contributed by atoms with van der Waals surface area (Å²) in [5.74, 6) is 0.851. The number of hydrogen-bond donors (Lipinski definition) is 0. The molecule has 1 aliphatic heterocycles. The number of hydrogen-bond acceptors (Lipinski definition) is 5. The number of aromatic nitrogens is 5. The van der Waals surface area contributed by atoms with Gasteiger partial charge in [0, 0.05) is 63.7 Å². The maximum atomic E-state index is 4.46. The third kappa shape index (κ3) is 4.11. The molecule has 4 rings (SSSR count). The lowest BCUT2D eigenvalue weighted by molar-refractivity contribution is 0.249. The fourth-order valence-corrected chi connectivity index (χ4v) is 3.35. The van der Waals surface area contributed by atoms with E-state index < -0.39 is 0 Å². The number of rotatable bonds is 7. The van der Waals surface area contributed by atoms with E-state index in [2.05, 4.69) is 35.6 Å². The standard InChI is InChI=1S/C19H25N7/c1(4-11-26-17-18(16-22-26)24-9-2-3-10-24)8-23-12-14-25(15-13-23)19-20-6-5-7-21-19/h2-3,5-7,9-10,16-17H,1,4,8,11-15H2. The molecule has 3 aromatic heterocycles. The van der Waals surface area contributed by atoms with Gasteiger partial charge in [0.1, 0.15) is 0 Å². The predicted octanol–water partition coefficient (Wildman–Crippen LogP) is 2.07. The summed E-state index contributed by atoms with van der Waals surface area (Å²) in [5.41, 5.74) is 1.12. The molecule has 0 aliphatic carbocycles. The second-order valence-corrected chi connectivity index (χ2v) is 6.64. The zero-order valence-corrected chi connectivity index (χ0v) is 15.0. The van der Waals surface area contributed by atoms with Crippen molar-refractivity contribution in [2.45, 2.75) is 19.4 Å². The highest BCUT2D eigenvalue weighted by atomic mass is 15.3. The maximum Gasteiger partial charge on any atom is 0.225 e. The minimum atomic E-state index is 0.851. The van der Waals surface area contributed by atoms with Gasteiger partial charge in [-0.2, -0.15) is 5.10 Å². The van der Waals surface area contributed by atoms with Crippen LogP contribution in [0.25, 0.3) is 5.69 Å². The lowest BCUT2D eigenvalue weighted by atomic mass is 10.2. The fraction of sp³-hybridized carbons (Fsp3) is 0.421. The van der Waals surface area contributed by atoms with Crippen LogP contribution in [-0.2, 0) is 6.54 Å². The van der Waals surface area contributed by atoms with Crippen molar-refractivity contribution in [3.05, 3.63) is 55.4 Å². The molecule has 0 spiro atoms. The van der Waals surface area contributed by atoms with E-state index >= 15 is 0 Å². The summed E-state index contributed by atoms with van der Waals surface area (Å²) >= 11 is 0. The summed E-state index contributed by atoms with van der Waals surface area (Å²) in [6.45, 7) is 6.29. The molecule has 1 saturated heterocycles. The molecule has 0 unspecified atom stereocenters. The van der Waals surface area contributed by atoms with Gasteiger partial charge in [-0.3, -0.25) is 9.58 Å². The smallest absolute Gasteiger partial charge is 0.225 e. The summed E-state index contributed by atoms with van der Waals surface area (Å²) < 4.78 is 4.12. The van der Waals surface area contributed by atoms with Gasteiger partial charge < -0.3 is 9.47 Å². The van der Waals surface area contributed by atoms with Crippen molar-refractivity contribution in [2.75, 3.05) is 37.6 Å². The van der Waals surface area contributed by atoms with Gasteiger partial charge >= 0.3 is 0 Å². The Hall–Kier alpha value is -2.67. The Morgan fingerprint density at radius 1 is 0.846 bits per heavy atom. The Morgan fingerprint density at radius 2 is 1.58 bits per heavy atom. The normalized spacial score (nSPS) is 15.5. The van der Waals surface area contributed by atoms with Crippen LogP contribution in [0.4, 0.5) is 5.95 Å². The van der Waals surface area contributed by atoms with Gasteiger partial charge in [0.05, 0.1) is 11.9 Å². The van der Waals surface area contributed by atoms with Crippen LogP contribution in [0.15, 0.2) is 55.4 Å². The lowest BCUT2D eigenvalue weighted by Crippen LogP contribution is -2.47. The highest BCUT2D eigenvalue weighted by molar-refractivity contribution is 5.29. The molecule has 0 aromatic carbocycles. The van der Waals surface area contributed by atoms with Crippen molar-refractivity contribution in [3.8, 4) is 5.69 Å². The number of unbranched alkanes of at least 4 members (excludes halogenated alkanes) is 1. The average Bonchev–Trinajstić information content (AvgIpc) is 3.38. The van der Waals surface area contributed by atoms with Crippen LogP contribution in [0, 0.1) is 0 Å². The molecule has 4 heterocycles. The molecule has 0 amide bonds. The van der Waals surface area contributed by atoms with E-state index in [-0.39, 0.29) is 0 Å². The van der Waals surface area contributed by atoms with Gasteiger partial charge in [-0.25, -0.2) is 9.97 Å². The molecule has 1 fully saturated rings. The molecule has 0 saturated carbocycles. The van der Waals surface area contributed by atoms with Crippen molar-refractivity contribution in [2.24, 2.45) is 0 Å². The Balaban J connectivity index is 1.16. The first kappa shape index (κ1) is 16.8. The first-order chi connectivity index (χ1) is 12.9. The number of aryl methyl sites for hydroxylation is 1. The van der Waals surface area contributed by atoms with Gasteiger partial charge in [-0.1, -0.05) is 0 Å². The minimum Gasteiger partial charge on any atom is -0.338 e. The lowest BCUT2D eigenvalue weighted by Gasteiger charge is -2.34. The van der Waals surface area contributed by atoms with Gasteiger partial charge in [0.25, 0.3) is 0 Å². The summed E-state index contributed by atoms with van der Waals surface area (Å²) in [7, 11) is 0. The number of nitrogens with zero attached hydrogens (tertiary/aromatic N) is 7. The monoisotopic (exact) mass is 351 g/mol. The zero-order chi connectivity index (χ0) is 17.6. The molecule has 7 heteroatoms. The number of piperazine rings is 1. The van der Waals surface area contributed by atoms with E-state index in [0.29, 0.717) is 0 Å². The van der Waals surface area contributed by atoms with E-state index in [4.69, 9.17) is 0 Å². The molecular weight excluding hydrogens is 326 g/mol. The largest absolute Gasteiger partial charge is 0.338 e. The van der Waals surface area contributed by atoms with E-state index in [0.717, 1.165) is 57.3 Å². The fourth-order valence-electron chi connectivity index (χ4n) is 3.35. The van der Waals surface area contributed by atoms with Crippen molar-refractivity contribution in [1.82, 2.24) is 29.2 Å². The molecule has 1 aliphatic rings. The SMILES string of the molecule is c1cnc(N2CCN(CCCCn3cc(-n4cccc4)cn3)CC2)nc1. The first-order valence-corrected chi connectivity index (χ1v) is 9.29. The van der Waals surface area contributed by atoms with Gasteiger partial charge in [-0.15, -0.1) is 0 Å². The second-order valence-electron chi connectivity index (χ2n) is 6.64. The Kier molecular flexibility index (Phi) is 5.25. The molecule has 136 valence electrons. The van der Waals surface area contributed by atoms with Gasteiger partial charge in [-0.05, 0) is 37.6 Å². The predicted molar refractivity (Wildman–Crippen MR) is 101 cm³/mol. The summed E-state index contributed by atoms with van der Waals surface area (Å²) in [6, 6.07) is 5.92. The van der Waals surface area contributed by atoms with Gasteiger partial charge in [0.15, 0.2) is 0 Å². The molecule has 0 atom stereocenters. The van der Waals surface area contributed by atoms with Crippen LogP contribution in [0.1, 0.15) is 12.8 Å². The maximum absolute atomic E-state index is 4.46. The Bertz CT molecular complexity index is 773. The third-order valence-electron chi connectivity index (χ3n) is 4.84. The zero-order valence-electron chi connectivity index (χ0n) is 15.0. The molecule has 7 nitrogen and oxygen atoms in total. The van der Waals surface area contributed by atoms with Crippen LogP contribution in [0.5, 0.6) is 0 Å². The topological polar surface area (TPSA) is 55.0 Å².